The summed E-state index contributed by atoms with van der Waals surface area (Å²) < 4.78 is 10.6. The van der Waals surface area contributed by atoms with E-state index in [1.54, 1.807) is 32.4 Å². The predicted molar refractivity (Wildman–Crippen MR) is 131 cm³/mol. The van der Waals surface area contributed by atoms with Gasteiger partial charge in [0.1, 0.15) is 23.4 Å². The van der Waals surface area contributed by atoms with Crippen LogP contribution in [0.1, 0.15) is 32.3 Å². The molecular weight excluding hydrogens is 440 g/mol. The lowest BCUT2D eigenvalue weighted by atomic mass is 10.1. The lowest BCUT2D eigenvalue weighted by molar-refractivity contribution is -0.119. The van der Waals surface area contributed by atoms with Crippen molar-refractivity contribution in [2.75, 3.05) is 19.5 Å². The van der Waals surface area contributed by atoms with Crippen LogP contribution in [0.2, 0.25) is 0 Å². The number of nitrogens with one attached hydrogen (secondary N) is 1. The molecule has 0 saturated carbocycles. The molecule has 2 atom stereocenters. The first-order valence-corrected chi connectivity index (χ1v) is 11.6. The summed E-state index contributed by atoms with van der Waals surface area (Å²) in [7, 11) is 3.11. The molecule has 2 aliphatic heterocycles. The van der Waals surface area contributed by atoms with Gasteiger partial charge in [0.25, 0.3) is 5.91 Å². The number of ether oxygens (including phenoxy) is 2. The fourth-order valence-electron chi connectivity index (χ4n) is 3.77. The number of aliphatic imine (C=N–C) groups is 2. The molecule has 0 saturated heterocycles. The number of amidine groups is 2. The van der Waals surface area contributed by atoms with E-state index in [0.29, 0.717) is 34.6 Å². The summed E-state index contributed by atoms with van der Waals surface area (Å²) in [6, 6.07) is 12.4. The number of benzene rings is 2. The molecule has 2 aliphatic rings. The quantitative estimate of drug-likeness (QED) is 0.657. The van der Waals surface area contributed by atoms with Gasteiger partial charge < -0.3 is 14.8 Å². The fourth-order valence-corrected chi connectivity index (χ4v) is 4.73. The summed E-state index contributed by atoms with van der Waals surface area (Å²) >= 11 is 1.31. The molecule has 0 bridgehead atoms. The Morgan fingerprint density at radius 3 is 2.52 bits per heavy atom. The highest BCUT2D eigenvalue weighted by Crippen LogP contribution is 2.36. The summed E-state index contributed by atoms with van der Waals surface area (Å²) in [6.45, 7) is 3.84. The van der Waals surface area contributed by atoms with Gasteiger partial charge in [-0.3, -0.25) is 14.5 Å². The van der Waals surface area contributed by atoms with Crippen molar-refractivity contribution in [3.63, 3.8) is 0 Å². The number of thioether (sulfide) groups is 1. The molecule has 33 heavy (non-hydrogen) atoms. The van der Waals surface area contributed by atoms with Gasteiger partial charge in [0, 0.05) is 29.4 Å². The van der Waals surface area contributed by atoms with Crippen molar-refractivity contribution in [1.82, 2.24) is 4.90 Å². The monoisotopic (exact) mass is 466 g/mol. The van der Waals surface area contributed by atoms with E-state index >= 15 is 0 Å². The summed E-state index contributed by atoms with van der Waals surface area (Å²) in [4.78, 5) is 36.7. The number of rotatable bonds is 7. The third-order valence-electron chi connectivity index (χ3n) is 5.44. The zero-order chi connectivity index (χ0) is 23.5. The lowest BCUT2D eigenvalue weighted by Crippen LogP contribution is -2.44. The molecule has 9 heteroatoms. The Bertz CT molecular complexity index is 1120. The Labute approximate surface area is 197 Å². The van der Waals surface area contributed by atoms with Crippen molar-refractivity contribution >= 4 is 46.0 Å². The van der Waals surface area contributed by atoms with Gasteiger partial charge in [-0.05, 0) is 25.5 Å². The van der Waals surface area contributed by atoms with Crippen LogP contribution in [0.3, 0.4) is 0 Å². The minimum absolute atomic E-state index is 0.169. The zero-order valence-electron chi connectivity index (χ0n) is 19.0. The molecule has 1 N–H and O–H groups in total. The van der Waals surface area contributed by atoms with E-state index in [4.69, 9.17) is 14.5 Å². The first-order valence-electron chi connectivity index (χ1n) is 10.8. The van der Waals surface area contributed by atoms with Crippen molar-refractivity contribution in [2.45, 2.75) is 38.0 Å². The molecule has 2 heterocycles. The van der Waals surface area contributed by atoms with Crippen LogP contribution in [0.4, 0.5) is 11.4 Å². The Kier molecular flexibility index (Phi) is 6.69. The highest BCUT2D eigenvalue weighted by molar-refractivity contribution is 8.14. The van der Waals surface area contributed by atoms with E-state index in [0.717, 1.165) is 17.7 Å². The Morgan fingerprint density at radius 1 is 1.15 bits per heavy atom. The van der Waals surface area contributed by atoms with Gasteiger partial charge in [-0.25, -0.2) is 4.99 Å². The largest absolute Gasteiger partial charge is 0.497 e. The van der Waals surface area contributed by atoms with Crippen molar-refractivity contribution in [3.05, 3.63) is 48.0 Å². The first-order chi connectivity index (χ1) is 15.9. The molecule has 2 unspecified atom stereocenters. The van der Waals surface area contributed by atoms with E-state index in [9.17, 15) is 9.59 Å². The number of nitrogens with zero attached hydrogens (tertiary/aromatic N) is 3. The van der Waals surface area contributed by atoms with Gasteiger partial charge in [-0.2, -0.15) is 4.99 Å². The Balaban J connectivity index is 1.58. The second-order valence-corrected chi connectivity index (χ2v) is 9.02. The molecule has 0 aliphatic carbocycles. The van der Waals surface area contributed by atoms with Gasteiger partial charge in [-0.1, -0.05) is 37.2 Å². The molecule has 0 fully saturated rings. The predicted octanol–water partition coefficient (Wildman–Crippen LogP) is 4.22. The van der Waals surface area contributed by atoms with Crippen LogP contribution in [0.5, 0.6) is 11.5 Å². The van der Waals surface area contributed by atoms with Crippen LogP contribution in [-0.4, -0.2) is 53.2 Å². The molecule has 0 spiro atoms. The Hall–Kier alpha value is -3.33. The minimum atomic E-state index is -0.481. The van der Waals surface area contributed by atoms with Crippen molar-refractivity contribution in [2.24, 2.45) is 9.98 Å². The molecule has 4 rings (SSSR count). The number of hydrogen-bond acceptors (Lipinski definition) is 7. The zero-order valence-corrected chi connectivity index (χ0v) is 19.8. The normalized spacial score (nSPS) is 17.5. The minimum Gasteiger partial charge on any atom is -0.497 e. The average molecular weight is 467 g/mol. The standard InChI is InChI=1S/C24H26N4O4S/c1-5-8-20-23(30)27-21-18-9-6-7-10-19(18)26-24(28(20)21)33-14(2)22(29)25-15-11-16(31-3)13-17(12-15)32-4/h6-7,9-14,20H,5,8H2,1-4H3,(H,25,29). The van der Waals surface area contributed by atoms with Crippen molar-refractivity contribution < 1.29 is 19.1 Å². The van der Waals surface area contributed by atoms with E-state index in [2.05, 4.69) is 10.3 Å². The number of carbonyl (C=O) groups excluding carboxylic acids is 2. The topological polar surface area (TPSA) is 92.6 Å². The summed E-state index contributed by atoms with van der Waals surface area (Å²) in [6.07, 6.45) is 1.50. The van der Waals surface area contributed by atoms with Crippen molar-refractivity contribution in [3.8, 4) is 11.5 Å². The molecule has 2 aromatic rings. The maximum atomic E-state index is 13.0. The second-order valence-electron chi connectivity index (χ2n) is 7.71. The van der Waals surface area contributed by atoms with Crippen LogP contribution < -0.4 is 14.8 Å². The van der Waals surface area contributed by atoms with Gasteiger partial charge >= 0.3 is 0 Å². The number of anilines is 1. The third-order valence-corrected chi connectivity index (χ3v) is 6.51. The third kappa shape index (κ3) is 4.59. The van der Waals surface area contributed by atoms with E-state index < -0.39 is 11.3 Å². The number of hydrogen-bond donors (Lipinski definition) is 1. The highest BCUT2D eigenvalue weighted by Gasteiger charge is 2.41. The number of fused-ring (bicyclic) bond motifs is 3. The molecular formula is C24H26N4O4S. The lowest BCUT2D eigenvalue weighted by Gasteiger charge is -2.31. The molecule has 0 aromatic heterocycles. The number of para-hydroxylation sites is 1. The summed E-state index contributed by atoms with van der Waals surface area (Å²) in [5.74, 6) is 1.40. The van der Waals surface area contributed by atoms with E-state index in [-0.39, 0.29) is 11.8 Å². The van der Waals surface area contributed by atoms with Gasteiger partial charge in [-0.15, -0.1) is 0 Å². The smallest absolute Gasteiger partial charge is 0.270 e. The molecule has 8 nitrogen and oxygen atoms in total. The number of amides is 2. The first kappa shape index (κ1) is 22.8. The fraction of sp³-hybridized carbons (Fsp3) is 0.333. The SMILES string of the molecule is CCCC1C(=O)N=C2c3ccccc3N=C(SC(C)C(=O)Nc3cc(OC)cc(OC)c3)N21. The second kappa shape index (κ2) is 9.66. The van der Waals surface area contributed by atoms with Crippen LogP contribution in [0.15, 0.2) is 52.4 Å². The Morgan fingerprint density at radius 2 is 1.85 bits per heavy atom. The summed E-state index contributed by atoms with van der Waals surface area (Å²) in [5, 5.41) is 3.03. The van der Waals surface area contributed by atoms with E-state index in [1.807, 2.05) is 43.0 Å². The molecule has 2 aromatic carbocycles. The van der Waals surface area contributed by atoms with E-state index in [1.165, 1.54) is 11.8 Å². The van der Waals surface area contributed by atoms with Crippen LogP contribution in [0.25, 0.3) is 0 Å². The van der Waals surface area contributed by atoms with Crippen molar-refractivity contribution in [1.29, 1.82) is 0 Å². The van der Waals surface area contributed by atoms with Crippen LogP contribution in [0, 0.1) is 0 Å². The number of methoxy groups -OCH3 is 2. The summed E-state index contributed by atoms with van der Waals surface area (Å²) in [5.41, 5.74) is 2.14. The molecule has 0 radical (unpaired) electrons. The molecule has 2 amide bonds. The maximum Gasteiger partial charge on any atom is 0.270 e. The van der Waals surface area contributed by atoms with Crippen LogP contribution in [-0.2, 0) is 9.59 Å². The molecule has 172 valence electrons. The van der Waals surface area contributed by atoms with Gasteiger partial charge in [0.05, 0.1) is 25.2 Å². The van der Waals surface area contributed by atoms with Gasteiger partial charge in [0.2, 0.25) is 5.91 Å². The highest BCUT2D eigenvalue weighted by atomic mass is 32.2. The van der Waals surface area contributed by atoms with Gasteiger partial charge in [0.15, 0.2) is 5.17 Å². The number of carbonyl (C=O) groups is 2. The van der Waals surface area contributed by atoms with Crippen LogP contribution >= 0.6 is 11.8 Å². The maximum absolute atomic E-state index is 13.0. The average Bonchev–Trinajstić information content (AvgIpc) is 3.15.